The number of amides is 2. The fourth-order valence-corrected chi connectivity index (χ4v) is 5.49. The zero-order valence-corrected chi connectivity index (χ0v) is 20.9. The Bertz CT molecular complexity index is 1020. The molecule has 2 aliphatic rings. The van der Waals surface area contributed by atoms with Crippen molar-refractivity contribution >= 4 is 35.1 Å². The molecule has 184 valence electrons. The molecule has 0 saturated heterocycles. The fourth-order valence-electron chi connectivity index (χ4n) is 5.25. The van der Waals surface area contributed by atoms with Crippen LogP contribution in [0.1, 0.15) is 55.3 Å². The van der Waals surface area contributed by atoms with E-state index >= 15 is 0 Å². The second-order valence-electron chi connectivity index (χ2n) is 9.65. The Balaban J connectivity index is 1.40. The molecule has 0 spiro atoms. The molecule has 0 aliphatic heterocycles. The van der Waals surface area contributed by atoms with Gasteiger partial charge in [0.25, 0.3) is 0 Å². The molecule has 0 radical (unpaired) electrons. The van der Waals surface area contributed by atoms with E-state index in [4.69, 9.17) is 33.0 Å². The molecule has 0 atom stereocenters. The first-order valence-corrected chi connectivity index (χ1v) is 12.6. The summed E-state index contributed by atoms with van der Waals surface area (Å²) in [5.41, 5.74) is 15.6. The highest BCUT2D eigenvalue weighted by Crippen LogP contribution is 2.33. The summed E-state index contributed by atoms with van der Waals surface area (Å²) in [4.78, 5) is 25.7. The molecule has 2 aromatic rings. The number of rotatable bonds is 7. The summed E-state index contributed by atoms with van der Waals surface area (Å²) >= 11 is 6.31. The lowest BCUT2D eigenvalue weighted by atomic mass is 9.85. The van der Waals surface area contributed by atoms with Gasteiger partial charge in [-0.15, -0.1) is 0 Å². The Labute approximate surface area is 207 Å². The Morgan fingerprint density at radius 3 is 2.56 bits per heavy atom. The van der Waals surface area contributed by atoms with Crippen LogP contribution < -0.4 is 26.6 Å². The van der Waals surface area contributed by atoms with E-state index < -0.39 is 6.03 Å². The number of carbonyl (C=O) groups is 1. The molecule has 9 heteroatoms. The van der Waals surface area contributed by atoms with Gasteiger partial charge in [-0.05, 0) is 69.4 Å². The maximum atomic E-state index is 12.3. The van der Waals surface area contributed by atoms with E-state index in [1.165, 1.54) is 24.1 Å². The first-order chi connectivity index (χ1) is 16.4. The Kier molecular flexibility index (Phi) is 7.78. The van der Waals surface area contributed by atoms with Crippen LogP contribution in [0.4, 0.5) is 22.2 Å². The number of anilines is 3. The minimum absolute atomic E-state index is 0.255. The third-order valence-corrected chi connectivity index (χ3v) is 7.41. The molecule has 1 fully saturated rings. The number of nitrogens with two attached hydrogens (primary N) is 2. The van der Waals surface area contributed by atoms with Crippen LogP contribution in [-0.4, -0.2) is 42.7 Å². The van der Waals surface area contributed by atoms with Crippen molar-refractivity contribution in [3.63, 3.8) is 0 Å². The standard InChI is InChI=1S/C25H36ClN7O/c1-32(2)23-18-6-3-4-8-21(18)30-25(31-23)29-17-12-10-16(11-13-17)15-33(24(28)34)22-9-5-7-20(26)19(22)14-27/h5,7,9,16-17H,3-4,6,8,10-15,27H2,1-2H3,(H2,28,34)(H,29,30,31). The van der Waals surface area contributed by atoms with Gasteiger partial charge in [0.05, 0.1) is 11.4 Å². The van der Waals surface area contributed by atoms with Crippen molar-refractivity contribution in [2.45, 2.75) is 64.0 Å². The van der Waals surface area contributed by atoms with Gasteiger partial charge in [-0.3, -0.25) is 4.90 Å². The van der Waals surface area contributed by atoms with Crippen molar-refractivity contribution in [3.05, 3.63) is 40.0 Å². The Hall–Kier alpha value is -2.58. The normalized spacial score (nSPS) is 19.9. The molecular formula is C25H36ClN7O. The van der Waals surface area contributed by atoms with Gasteiger partial charge in [0.2, 0.25) is 5.95 Å². The Morgan fingerprint density at radius 2 is 1.88 bits per heavy atom. The first-order valence-electron chi connectivity index (χ1n) is 12.3. The summed E-state index contributed by atoms with van der Waals surface area (Å²) in [5.74, 6) is 2.13. The SMILES string of the molecule is CN(C)c1nc(NC2CCC(CN(C(N)=O)c3cccc(Cl)c3CN)CC2)nc2c1CCCC2. The fraction of sp³-hybridized carbons (Fsp3) is 0.560. The zero-order valence-electron chi connectivity index (χ0n) is 20.2. The lowest BCUT2D eigenvalue weighted by molar-refractivity contribution is 0.250. The van der Waals surface area contributed by atoms with E-state index in [-0.39, 0.29) is 6.54 Å². The van der Waals surface area contributed by atoms with Gasteiger partial charge in [0.1, 0.15) is 5.82 Å². The van der Waals surface area contributed by atoms with Crippen molar-refractivity contribution in [3.8, 4) is 0 Å². The summed E-state index contributed by atoms with van der Waals surface area (Å²) in [7, 11) is 4.10. The highest BCUT2D eigenvalue weighted by Gasteiger charge is 2.27. The van der Waals surface area contributed by atoms with Gasteiger partial charge in [-0.1, -0.05) is 17.7 Å². The molecule has 1 aromatic carbocycles. The number of aromatic nitrogens is 2. The third-order valence-electron chi connectivity index (χ3n) is 7.06. The van der Waals surface area contributed by atoms with E-state index in [1.807, 2.05) is 26.2 Å². The monoisotopic (exact) mass is 485 g/mol. The molecule has 8 nitrogen and oxygen atoms in total. The molecule has 5 N–H and O–H groups in total. The first kappa shape index (κ1) is 24.5. The number of primary amides is 1. The summed E-state index contributed by atoms with van der Waals surface area (Å²) in [5, 5.41) is 4.15. The second-order valence-corrected chi connectivity index (χ2v) is 10.1. The minimum Gasteiger partial charge on any atom is -0.362 e. The number of urea groups is 1. The summed E-state index contributed by atoms with van der Waals surface area (Å²) in [6.45, 7) is 0.820. The van der Waals surface area contributed by atoms with E-state index in [1.54, 1.807) is 11.0 Å². The number of benzene rings is 1. The topological polar surface area (TPSA) is 113 Å². The van der Waals surface area contributed by atoms with Gasteiger partial charge < -0.3 is 21.7 Å². The number of hydrogen-bond donors (Lipinski definition) is 3. The average molecular weight is 486 g/mol. The van der Waals surface area contributed by atoms with Crippen LogP contribution in [0.25, 0.3) is 0 Å². The number of nitrogens with one attached hydrogen (secondary N) is 1. The molecular weight excluding hydrogens is 450 g/mol. The van der Waals surface area contributed by atoms with Crippen LogP contribution in [0.5, 0.6) is 0 Å². The predicted octanol–water partition coefficient (Wildman–Crippen LogP) is 4.09. The van der Waals surface area contributed by atoms with Gasteiger partial charge in [-0.25, -0.2) is 9.78 Å². The van der Waals surface area contributed by atoms with E-state index in [0.717, 1.165) is 55.9 Å². The van der Waals surface area contributed by atoms with Gasteiger partial charge >= 0.3 is 6.03 Å². The second kappa shape index (κ2) is 10.8. The number of hydrogen-bond acceptors (Lipinski definition) is 6. The van der Waals surface area contributed by atoms with Crippen LogP contribution in [0, 0.1) is 5.92 Å². The van der Waals surface area contributed by atoms with Gasteiger partial charge in [0.15, 0.2) is 0 Å². The molecule has 2 amide bonds. The molecule has 1 saturated carbocycles. The minimum atomic E-state index is -0.476. The van der Waals surface area contributed by atoms with Crippen molar-refractivity contribution in [1.82, 2.24) is 9.97 Å². The summed E-state index contributed by atoms with van der Waals surface area (Å²) in [6.07, 6.45) is 8.45. The lowest BCUT2D eigenvalue weighted by Crippen LogP contribution is -2.41. The quantitative estimate of drug-likeness (QED) is 0.544. The highest BCUT2D eigenvalue weighted by atomic mass is 35.5. The van der Waals surface area contributed by atoms with E-state index in [0.29, 0.717) is 29.2 Å². The average Bonchev–Trinajstić information content (AvgIpc) is 2.82. The highest BCUT2D eigenvalue weighted by molar-refractivity contribution is 6.31. The van der Waals surface area contributed by atoms with E-state index in [2.05, 4.69) is 10.2 Å². The predicted molar refractivity (Wildman–Crippen MR) is 139 cm³/mol. The molecule has 0 unspecified atom stereocenters. The van der Waals surface area contributed by atoms with Crippen molar-refractivity contribution in [2.24, 2.45) is 17.4 Å². The number of fused-ring (bicyclic) bond motifs is 1. The van der Waals surface area contributed by atoms with Crippen molar-refractivity contribution < 1.29 is 4.79 Å². The summed E-state index contributed by atoms with van der Waals surface area (Å²) in [6, 6.07) is 5.32. The number of carbonyl (C=O) groups excluding carboxylic acids is 1. The van der Waals surface area contributed by atoms with Gasteiger partial charge in [-0.2, -0.15) is 4.98 Å². The van der Waals surface area contributed by atoms with Crippen LogP contribution in [0.3, 0.4) is 0 Å². The number of nitrogens with zero attached hydrogens (tertiary/aromatic N) is 4. The molecule has 1 aromatic heterocycles. The molecule has 1 heterocycles. The third kappa shape index (κ3) is 5.39. The van der Waals surface area contributed by atoms with Crippen LogP contribution >= 0.6 is 11.6 Å². The van der Waals surface area contributed by atoms with Crippen LogP contribution in [0.2, 0.25) is 5.02 Å². The van der Waals surface area contributed by atoms with Crippen LogP contribution in [0.15, 0.2) is 18.2 Å². The Morgan fingerprint density at radius 1 is 1.15 bits per heavy atom. The van der Waals surface area contributed by atoms with Gasteiger partial charge in [0, 0.05) is 49.4 Å². The van der Waals surface area contributed by atoms with Crippen molar-refractivity contribution in [1.29, 1.82) is 0 Å². The molecule has 34 heavy (non-hydrogen) atoms. The maximum absolute atomic E-state index is 12.3. The lowest BCUT2D eigenvalue weighted by Gasteiger charge is -2.33. The molecule has 0 bridgehead atoms. The molecule has 2 aliphatic carbocycles. The van der Waals surface area contributed by atoms with Crippen molar-refractivity contribution in [2.75, 3.05) is 35.8 Å². The zero-order chi connectivity index (χ0) is 24.2. The molecule has 4 rings (SSSR count). The maximum Gasteiger partial charge on any atom is 0.319 e. The number of halogens is 1. The smallest absolute Gasteiger partial charge is 0.319 e. The summed E-state index contributed by atoms with van der Waals surface area (Å²) < 4.78 is 0. The number of aryl methyl sites for hydroxylation is 1. The largest absolute Gasteiger partial charge is 0.362 e. The van der Waals surface area contributed by atoms with Crippen LogP contribution in [-0.2, 0) is 19.4 Å². The van der Waals surface area contributed by atoms with E-state index in [9.17, 15) is 4.79 Å².